The lowest BCUT2D eigenvalue weighted by atomic mass is 10.1. The predicted octanol–water partition coefficient (Wildman–Crippen LogP) is 3.85. The maximum atomic E-state index is 13.3. The van der Waals surface area contributed by atoms with Crippen LogP contribution < -0.4 is 0 Å². The van der Waals surface area contributed by atoms with Gasteiger partial charge in [-0.05, 0) is 28.1 Å². The summed E-state index contributed by atoms with van der Waals surface area (Å²) >= 11 is 4.54. The Labute approximate surface area is 91.5 Å². The van der Waals surface area contributed by atoms with Crippen LogP contribution in [-0.4, -0.2) is 4.98 Å². The molecule has 0 aliphatic heterocycles. The molecule has 0 radical (unpaired) electrons. The summed E-state index contributed by atoms with van der Waals surface area (Å²) < 4.78 is 26.5. The van der Waals surface area contributed by atoms with Crippen molar-refractivity contribution in [3.8, 4) is 11.3 Å². The smallest absolute Gasteiger partial charge is 0.159 e. The zero-order valence-corrected chi connectivity index (χ0v) is 9.20. The normalized spacial score (nSPS) is 10.5. The van der Waals surface area contributed by atoms with Crippen LogP contribution in [0, 0.1) is 11.6 Å². The number of benzene rings is 1. The predicted molar refractivity (Wildman–Crippen MR) is 55.2 cm³/mol. The lowest BCUT2D eigenvalue weighted by Gasteiger charge is -1.98. The van der Waals surface area contributed by atoms with Gasteiger partial charge in [-0.15, -0.1) is 11.3 Å². The van der Waals surface area contributed by atoms with Crippen LogP contribution in [0.2, 0.25) is 0 Å². The molecule has 5 heteroatoms. The molecule has 0 bridgehead atoms. The standard InChI is InChI=1S/C9H4BrF2NS/c10-9-13-8(4-14-9)6-2-1-5(11)3-7(6)12/h1-4H. The number of aromatic nitrogens is 1. The molecule has 0 N–H and O–H groups in total. The lowest BCUT2D eigenvalue weighted by Crippen LogP contribution is -1.85. The van der Waals surface area contributed by atoms with E-state index in [0.717, 1.165) is 6.07 Å². The van der Waals surface area contributed by atoms with Crippen molar-refractivity contribution in [2.45, 2.75) is 0 Å². The summed E-state index contributed by atoms with van der Waals surface area (Å²) in [5.41, 5.74) is 0.827. The Morgan fingerprint density at radius 2 is 2.07 bits per heavy atom. The van der Waals surface area contributed by atoms with E-state index in [1.54, 1.807) is 5.38 Å². The van der Waals surface area contributed by atoms with Crippen molar-refractivity contribution in [2.24, 2.45) is 0 Å². The fourth-order valence-electron chi connectivity index (χ4n) is 1.07. The van der Waals surface area contributed by atoms with Gasteiger partial charge in [0.1, 0.15) is 11.6 Å². The van der Waals surface area contributed by atoms with E-state index in [0.29, 0.717) is 15.2 Å². The molecular weight excluding hydrogens is 272 g/mol. The van der Waals surface area contributed by atoms with Crippen molar-refractivity contribution >= 4 is 27.3 Å². The van der Waals surface area contributed by atoms with Gasteiger partial charge in [-0.25, -0.2) is 13.8 Å². The van der Waals surface area contributed by atoms with E-state index in [9.17, 15) is 8.78 Å². The molecule has 2 aromatic rings. The number of rotatable bonds is 1. The molecule has 0 fully saturated rings. The highest BCUT2D eigenvalue weighted by atomic mass is 79.9. The van der Waals surface area contributed by atoms with E-state index in [2.05, 4.69) is 20.9 Å². The van der Waals surface area contributed by atoms with Crippen LogP contribution in [0.5, 0.6) is 0 Å². The highest BCUT2D eigenvalue weighted by Gasteiger charge is 2.08. The first kappa shape index (κ1) is 9.73. The first-order valence-electron chi connectivity index (χ1n) is 3.73. The van der Waals surface area contributed by atoms with Crippen molar-refractivity contribution in [1.82, 2.24) is 4.98 Å². The third-order valence-corrected chi connectivity index (χ3v) is 3.05. The average Bonchev–Trinajstić information content (AvgIpc) is 2.51. The first-order chi connectivity index (χ1) is 6.66. The largest absolute Gasteiger partial charge is 0.229 e. The summed E-state index contributed by atoms with van der Waals surface area (Å²) in [5.74, 6) is -1.18. The second-order valence-electron chi connectivity index (χ2n) is 2.61. The average molecular weight is 276 g/mol. The molecule has 0 aliphatic rings. The van der Waals surface area contributed by atoms with Gasteiger partial charge in [0.25, 0.3) is 0 Å². The zero-order chi connectivity index (χ0) is 10.1. The Morgan fingerprint density at radius 1 is 1.29 bits per heavy atom. The SMILES string of the molecule is Fc1ccc(-c2csc(Br)n2)c(F)c1. The van der Waals surface area contributed by atoms with E-state index in [1.165, 1.54) is 23.5 Å². The summed E-state index contributed by atoms with van der Waals surface area (Å²) in [6.45, 7) is 0. The van der Waals surface area contributed by atoms with Gasteiger partial charge in [0.15, 0.2) is 3.92 Å². The fourth-order valence-corrected chi connectivity index (χ4v) is 2.08. The van der Waals surface area contributed by atoms with Crippen LogP contribution in [-0.2, 0) is 0 Å². The minimum absolute atomic E-state index is 0.313. The first-order valence-corrected chi connectivity index (χ1v) is 5.40. The monoisotopic (exact) mass is 275 g/mol. The van der Waals surface area contributed by atoms with Crippen LogP contribution in [0.1, 0.15) is 0 Å². The number of nitrogens with zero attached hydrogens (tertiary/aromatic N) is 1. The van der Waals surface area contributed by atoms with Crippen molar-refractivity contribution < 1.29 is 8.78 Å². The van der Waals surface area contributed by atoms with E-state index < -0.39 is 11.6 Å². The van der Waals surface area contributed by atoms with Gasteiger partial charge in [-0.3, -0.25) is 0 Å². The molecule has 0 unspecified atom stereocenters. The second-order valence-corrected chi connectivity index (χ2v) is 4.74. The molecular formula is C9H4BrF2NS. The molecule has 0 aliphatic carbocycles. The quantitative estimate of drug-likeness (QED) is 0.771. The van der Waals surface area contributed by atoms with E-state index in [-0.39, 0.29) is 0 Å². The van der Waals surface area contributed by atoms with Crippen LogP contribution in [0.15, 0.2) is 27.5 Å². The van der Waals surface area contributed by atoms with Gasteiger partial charge in [-0.2, -0.15) is 0 Å². The molecule has 0 saturated heterocycles. The molecule has 1 nitrogen and oxygen atoms in total. The summed E-state index contributed by atoms with van der Waals surface area (Å²) in [6.07, 6.45) is 0. The van der Waals surface area contributed by atoms with Gasteiger partial charge in [0, 0.05) is 17.0 Å². The van der Waals surface area contributed by atoms with Crippen LogP contribution in [0.4, 0.5) is 8.78 Å². The maximum Gasteiger partial charge on any atom is 0.159 e. The molecule has 0 saturated carbocycles. The summed E-state index contributed by atoms with van der Waals surface area (Å²) in [4.78, 5) is 4.04. The number of hydrogen-bond donors (Lipinski definition) is 0. The highest BCUT2D eigenvalue weighted by Crippen LogP contribution is 2.27. The molecule has 2 rings (SSSR count). The molecule has 0 atom stereocenters. The number of hydrogen-bond acceptors (Lipinski definition) is 2. The molecule has 1 aromatic heterocycles. The van der Waals surface area contributed by atoms with Gasteiger partial charge in [0.2, 0.25) is 0 Å². The van der Waals surface area contributed by atoms with Crippen LogP contribution >= 0.6 is 27.3 Å². The van der Waals surface area contributed by atoms with Gasteiger partial charge in [0.05, 0.1) is 5.69 Å². The van der Waals surface area contributed by atoms with E-state index in [1.807, 2.05) is 0 Å². The van der Waals surface area contributed by atoms with Crippen molar-refractivity contribution in [2.75, 3.05) is 0 Å². The lowest BCUT2D eigenvalue weighted by molar-refractivity contribution is 0.585. The summed E-state index contributed by atoms with van der Waals surface area (Å²) in [7, 11) is 0. The summed E-state index contributed by atoms with van der Waals surface area (Å²) in [5, 5.41) is 1.71. The van der Waals surface area contributed by atoms with Crippen molar-refractivity contribution in [3.05, 3.63) is 39.1 Å². The molecule has 14 heavy (non-hydrogen) atoms. The van der Waals surface area contributed by atoms with E-state index >= 15 is 0 Å². The Balaban J connectivity index is 2.52. The molecule has 0 amide bonds. The second kappa shape index (κ2) is 3.74. The Bertz CT molecular complexity index is 470. The number of halogens is 3. The topological polar surface area (TPSA) is 12.9 Å². The molecule has 72 valence electrons. The Morgan fingerprint density at radius 3 is 2.64 bits per heavy atom. The summed E-state index contributed by atoms with van der Waals surface area (Å²) in [6, 6.07) is 3.44. The zero-order valence-electron chi connectivity index (χ0n) is 6.80. The van der Waals surface area contributed by atoms with E-state index in [4.69, 9.17) is 0 Å². The van der Waals surface area contributed by atoms with Gasteiger partial charge >= 0.3 is 0 Å². The fraction of sp³-hybridized carbons (Fsp3) is 0. The maximum absolute atomic E-state index is 13.3. The Hall–Kier alpha value is -0.810. The molecule has 1 aromatic carbocycles. The van der Waals surface area contributed by atoms with Crippen LogP contribution in [0.25, 0.3) is 11.3 Å². The van der Waals surface area contributed by atoms with Gasteiger partial charge in [-0.1, -0.05) is 0 Å². The highest BCUT2D eigenvalue weighted by molar-refractivity contribution is 9.11. The minimum atomic E-state index is -0.595. The third kappa shape index (κ3) is 1.83. The van der Waals surface area contributed by atoms with Crippen molar-refractivity contribution in [1.29, 1.82) is 0 Å². The van der Waals surface area contributed by atoms with Crippen molar-refractivity contribution in [3.63, 3.8) is 0 Å². The minimum Gasteiger partial charge on any atom is -0.229 e. The van der Waals surface area contributed by atoms with Crippen LogP contribution in [0.3, 0.4) is 0 Å². The molecule has 0 spiro atoms. The van der Waals surface area contributed by atoms with Gasteiger partial charge < -0.3 is 0 Å². The third-order valence-electron chi connectivity index (χ3n) is 1.68. The molecule has 1 heterocycles. The number of thiazole rings is 1. The Kier molecular flexibility index (Phi) is 2.60.